The van der Waals surface area contributed by atoms with E-state index in [1.54, 1.807) is 0 Å². The van der Waals surface area contributed by atoms with E-state index in [1.165, 1.54) is 98.8 Å². The predicted molar refractivity (Wildman–Crippen MR) is 244 cm³/mol. The molecule has 284 valence electrons. The second kappa shape index (κ2) is 13.5. The summed E-state index contributed by atoms with van der Waals surface area (Å²) in [4.78, 5) is 2.52. The van der Waals surface area contributed by atoms with Crippen LogP contribution in [-0.4, -0.2) is 0 Å². The molecule has 1 heterocycles. The molecule has 11 rings (SSSR count). The van der Waals surface area contributed by atoms with Crippen LogP contribution in [0.25, 0.3) is 55.0 Å². The van der Waals surface area contributed by atoms with Gasteiger partial charge in [-0.1, -0.05) is 174 Å². The number of benzene rings is 7. The van der Waals surface area contributed by atoms with E-state index >= 15 is 0 Å². The Morgan fingerprint density at radius 1 is 0.552 bits per heavy atom. The highest BCUT2D eigenvalue weighted by molar-refractivity contribution is 6.13. The van der Waals surface area contributed by atoms with Crippen molar-refractivity contribution in [2.75, 3.05) is 4.90 Å². The highest BCUT2D eigenvalue weighted by atomic mass is 16.3. The van der Waals surface area contributed by atoms with Crippen LogP contribution in [0.3, 0.4) is 0 Å². The number of para-hydroxylation sites is 2. The topological polar surface area (TPSA) is 16.4 Å². The quantitative estimate of drug-likeness (QED) is 0.168. The third-order valence-corrected chi connectivity index (χ3v) is 13.9. The van der Waals surface area contributed by atoms with E-state index in [2.05, 4.69) is 189 Å². The van der Waals surface area contributed by atoms with Crippen LogP contribution in [0.2, 0.25) is 0 Å². The van der Waals surface area contributed by atoms with E-state index in [-0.39, 0.29) is 10.8 Å². The monoisotopic (exact) mass is 751 g/mol. The van der Waals surface area contributed by atoms with Crippen LogP contribution in [-0.2, 0) is 10.8 Å². The minimum Gasteiger partial charge on any atom is -0.456 e. The second-order valence-corrected chi connectivity index (χ2v) is 17.7. The van der Waals surface area contributed by atoms with Gasteiger partial charge in [-0.3, -0.25) is 0 Å². The molecular weight excluding hydrogens is 703 g/mol. The summed E-state index contributed by atoms with van der Waals surface area (Å²) in [6.07, 6.45) is 14.7. The molecule has 1 saturated carbocycles. The van der Waals surface area contributed by atoms with Gasteiger partial charge in [-0.25, -0.2) is 0 Å². The maximum atomic E-state index is 6.54. The minimum atomic E-state index is -0.188. The van der Waals surface area contributed by atoms with Crippen LogP contribution in [0.4, 0.5) is 11.4 Å². The number of furan rings is 1. The van der Waals surface area contributed by atoms with Crippen molar-refractivity contribution in [3.8, 4) is 22.3 Å². The largest absolute Gasteiger partial charge is 0.456 e. The van der Waals surface area contributed by atoms with Crippen LogP contribution in [0.5, 0.6) is 0 Å². The molecule has 0 bridgehead atoms. The lowest BCUT2D eigenvalue weighted by Crippen LogP contribution is -2.25. The molecule has 1 aromatic heterocycles. The Hall–Kier alpha value is -6.12. The first-order valence-corrected chi connectivity index (χ1v) is 21.4. The molecule has 58 heavy (non-hydrogen) atoms. The molecule has 3 aliphatic carbocycles. The molecule has 0 radical (unpaired) electrons. The molecule has 0 N–H and O–H groups in total. The van der Waals surface area contributed by atoms with E-state index in [0.29, 0.717) is 5.92 Å². The van der Waals surface area contributed by atoms with E-state index in [4.69, 9.17) is 4.42 Å². The van der Waals surface area contributed by atoms with Crippen molar-refractivity contribution in [3.05, 3.63) is 192 Å². The summed E-state index contributed by atoms with van der Waals surface area (Å²) >= 11 is 0. The zero-order valence-corrected chi connectivity index (χ0v) is 33.8. The second-order valence-electron chi connectivity index (χ2n) is 17.7. The smallest absolute Gasteiger partial charge is 0.137 e. The van der Waals surface area contributed by atoms with E-state index in [1.807, 2.05) is 0 Å². The van der Waals surface area contributed by atoms with Gasteiger partial charge in [0, 0.05) is 27.5 Å². The summed E-state index contributed by atoms with van der Waals surface area (Å²) in [5, 5.41) is 4.98. The lowest BCUT2D eigenvalue weighted by molar-refractivity contribution is 0.445. The summed E-state index contributed by atoms with van der Waals surface area (Å²) in [5.74, 6) is 0.589. The third kappa shape index (κ3) is 5.38. The Morgan fingerprint density at radius 2 is 1.21 bits per heavy atom. The molecule has 7 aromatic carbocycles. The number of fused-ring (bicyclic) bond motifs is 7. The standard InChI is InChI=1S/C56H49NO/c1-55(2)45-26-10-7-22-43(45)53-46(55)27-15-28-47(53)56(3)35-33-39(34-36-56)57(49-30-16-32-51-54(49)44-23-9-12-31-50(44)58-51)48-29-11-8-21-41(48)42-25-14-20-38-19-13-24-40(52(38)42)37-17-5-4-6-18-37/h7-16,19-35,37H,4-6,17-18,36H2,1-3H3. The number of allylic oxidation sites excluding steroid dienone is 3. The SMILES string of the molecule is CC1(c2cccc3c2-c2ccccc2C3(C)C)C=CC(N(c2ccccc2-c2cccc3cccc(C4CCCCC4)c23)c2cccc3oc4ccccc4c23)=CC1. The first kappa shape index (κ1) is 35.1. The Bertz CT molecular complexity index is 2960. The molecule has 1 unspecified atom stereocenters. The molecule has 2 heteroatoms. The molecule has 0 amide bonds. The summed E-state index contributed by atoms with van der Waals surface area (Å²) in [7, 11) is 0. The average molecular weight is 752 g/mol. The predicted octanol–water partition coefficient (Wildman–Crippen LogP) is 15.7. The van der Waals surface area contributed by atoms with Gasteiger partial charge >= 0.3 is 0 Å². The fourth-order valence-electron chi connectivity index (χ4n) is 10.9. The zero-order valence-electron chi connectivity index (χ0n) is 33.8. The van der Waals surface area contributed by atoms with Gasteiger partial charge in [-0.05, 0) is 105 Å². The third-order valence-electron chi connectivity index (χ3n) is 13.9. The number of nitrogens with zero attached hydrogens (tertiary/aromatic N) is 1. The Kier molecular flexibility index (Phi) is 8.16. The molecular formula is C56H49NO. The summed E-state index contributed by atoms with van der Waals surface area (Å²) in [5.41, 5.74) is 16.1. The van der Waals surface area contributed by atoms with Crippen molar-refractivity contribution in [2.24, 2.45) is 0 Å². The molecule has 0 spiro atoms. The zero-order chi connectivity index (χ0) is 39.0. The van der Waals surface area contributed by atoms with Gasteiger partial charge in [0.25, 0.3) is 0 Å². The van der Waals surface area contributed by atoms with Crippen molar-refractivity contribution in [3.63, 3.8) is 0 Å². The maximum Gasteiger partial charge on any atom is 0.137 e. The van der Waals surface area contributed by atoms with Crippen LogP contribution in [0, 0.1) is 0 Å². The Labute approximate surface area is 342 Å². The Balaban J connectivity index is 1.10. The molecule has 3 aliphatic rings. The maximum absolute atomic E-state index is 6.54. The molecule has 0 aliphatic heterocycles. The van der Waals surface area contributed by atoms with Gasteiger partial charge in [-0.2, -0.15) is 0 Å². The summed E-state index contributed by atoms with van der Waals surface area (Å²) in [6.45, 7) is 7.18. The molecule has 2 nitrogen and oxygen atoms in total. The summed E-state index contributed by atoms with van der Waals surface area (Å²) < 4.78 is 6.54. The first-order valence-electron chi connectivity index (χ1n) is 21.4. The van der Waals surface area contributed by atoms with Gasteiger partial charge in [0.1, 0.15) is 11.2 Å². The molecule has 1 fully saturated rings. The van der Waals surface area contributed by atoms with E-state index < -0.39 is 0 Å². The normalized spacial score (nSPS) is 18.7. The molecule has 1 atom stereocenters. The van der Waals surface area contributed by atoms with Crippen molar-refractivity contribution >= 4 is 44.1 Å². The van der Waals surface area contributed by atoms with Gasteiger partial charge < -0.3 is 9.32 Å². The van der Waals surface area contributed by atoms with Crippen LogP contribution in [0.15, 0.2) is 174 Å². The first-order chi connectivity index (χ1) is 28.4. The highest BCUT2D eigenvalue weighted by Gasteiger charge is 2.40. The van der Waals surface area contributed by atoms with Crippen molar-refractivity contribution in [1.82, 2.24) is 0 Å². The van der Waals surface area contributed by atoms with E-state index in [0.717, 1.165) is 34.0 Å². The number of anilines is 2. The number of hydrogen-bond acceptors (Lipinski definition) is 2. The number of rotatable bonds is 6. The molecule has 0 saturated heterocycles. The fourth-order valence-corrected chi connectivity index (χ4v) is 10.9. The van der Waals surface area contributed by atoms with Crippen molar-refractivity contribution in [2.45, 2.75) is 76.0 Å². The lowest BCUT2D eigenvalue weighted by atomic mass is 9.73. The van der Waals surface area contributed by atoms with Crippen molar-refractivity contribution in [1.29, 1.82) is 0 Å². The average Bonchev–Trinajstić information content (AvgIpc) is 3.77. The van der Waals surface area contributed by atoms with Crippen LogP contribution >= 0.6 is 0 Å². The molecule has 8 aromatic rings. The van der Waals surface area contributed by atoms with Crippen LogP contribution < -0.4 is 4.90 Å². The van der Waals surface area contributed by atoms with Gasteiger partial charge in [0.15, 0.2) is 0 Å². The fraction of sp³-hybridized carbons (Fsp3) is 0.214. The van der Waals surface area contributed by atoms with Crippen LogP contribution in [0.1, 0.15) is 87.5 Å². The van der Waals surface area contributed by atoms with E-state index in [9.17, 15) is 0 Å². The van der Waals surface area contributed by atoms with Gasteiger partial charge in [-0.15, -0.1) is 0 Å². The lowest BCUT2D eigenvalue weighted by Gasteiger charge is -2.35. The summed E-state index contributed by atoms with van der Waals surface area (Å²) in [6, 6.07) is 54.0. The van der Waals surface area contributed by atoms with Gasteiger partial charge in [0.2, 0.25) is 0 Å². The highest BCUT2D eigenvalue weighted by Crippen LogP contribution is 2.54. The number of hydrogen-bond donors (Lipinski definition) is 0. The Morgan fingerprint density at radius 3 is 2.05 bits per heavy atom. The van der Waals surface area contributed by atoms with Crippen molar-refractivity contribution < 1.29 is 4.42 Å². The minimum absolute atomic E-state index is 0.0390. The van der Waals surface area contributed by atoms with Gasteiger partial charge in [0.05, 0.1) is 16.8 Å².